The van der Waals surface area contributed by atoms with Crippen molar-refractivity contribution in [2.75, 3.05) is 12.9 Å². The summed E-state index contributed by atoms with van der Waals surface area (Å²) in [6, 6.07) is 9.15. The third kappa shape index (κ3) is 3.83. The summed E-state index contributed by atoms with van der Waals surface area (Å²) >= 11 is 0.969. The molecule has 0 aliphatic rings. The molecule has 0 unspecified atom stereocenters. The minimum absolute atomic E-state index is 0.0421. The molecule has 2 aromatic rings. The van der Waals surface area contributed by atoms with Crippen LogP contribution >= 0.6 is 11.8 Å². The lowest BCUT2D eigenvalue weighted by molar-refractivity contribution is -0.137. The van der Waals surface area contributed by atoms with Crippen molar-refractivity contribution in [2.24, 2.45) is 0 Å². The van der Waals surface area contributed by atoms with Crippen molar-refractivity contribution in [3.8, 4) is 17.2 Å². The molecule has 2 rings (SSSR count). The minimum atomic E-state index is -1.11. The van der Waals surface area contributed by atoms with Gasteiger partial charge in [-0.05, 0) is 17.7 Å². The van der Waals surface area contributed by atoms with E-state index in [1.807, 2.05) is 6.07 Å². The number of H-pyrrole nitrogens is 1. The smallest absolute Gasteiger partial charge is 0.335 e. The van der Waals surface area contributed by atoms with Crippen LogP contribution < -0.4 is 5.56 Å². The Morgan fingerprint density at radius 3 is 2.75 bits per heavy atom. The maximum absolute atomic E-state index is 11.9. The van der Waals surface area contributed by atoms with Crippen LogP contribution in [0.25, 0.3) is 11.1 Å². The molecule has 1 heterocycles. The van der Waals surface area contributed by atoms with Crippen molar-refractivity contribution in [2.45, 2.75) is 5.03 Å². The van der Waals surface area contributed by atoms with Crippen molar-refractivity contribution in [1.29, 1.82) is 5.26 Å². The number of aromatic nitrogens is 1. The zero-order valence-electron chi connectivity index (χ0n) is 12.5. The number of esters is 1. The van der Waals surface area contributed by atoms with Gasteiger partial charge in [-0.25, -0.2) is 4.79 Å². The number of carbonyl (C=O) groups is 2. The topological polar surface area (TPSA) is 120 Å². The molecule has 2 N–H and O–H groups in total. The molecule has 24 heavy (non-hydrogen) atoms. The molecule has 0 radical (unpaired) electrons. The highest BCUT2D eigenvalue weighted by molar-refractivity contribution is 7.99. The summed E-state index contributed by atoms with van der Waals surface area (Å²) in [4.78, 5) is 36.7. The average Bonchev–Trinajstić information content (AvgIpc) is 2.59. The number of aromatic carboxylic acids is 1. The van der Waals surface area contributed by atoms with Crippen LogP contribution in [0.5, 0.6) is 0 Å². The van der Waals surface area contributed by atoms with E-state index in [1.165, 1.54) is 31.4 Å². The molecule has 0 saturated carbocycles. The predicted octanol–water partition coefficient (Wildman–Crippen LogP) is 1.88. The summed E-state index contributed by atoms with van der Waals surface area (Å²) in [5, 5.41) is 18.7. The van der Waals surface area contributed by atoms with Crippen LogP contribution in [0.2, 0.25) is 0 Å². The Morgan fingerprint density at radius 2 is 2.12 bits per heavy atom. The summed E-state index contributed by atoms with van der Waals surface area (Å²) in [5.41, 5.74) is 0.470. The Morgan fingerprint density at radius 1 is 1.38 bits per heavy atom. The van der Waals surface area contributed by atoms with E-state index in [-0.39, 0.29) is 21.9 Å². The molecule has 0 aliphatic carbocycles. The van der Waals surface area contributed by atoms with Gasteiger partial charge in [0.05, 0.1) is 29.0 Å². The number of thioether (sulfide) groups is 1. The van der Waals surface area contributed by atoms with Gasteiger partial charge in [-0.3, -0.25) is 9.59 Å². The van der Waals surface area contributed by atoms with Crippen molar-refractivity contribution in [3.63, 3.8) is 0 Å². The Hall–Kier alpha value is -3.05. The second kappa shape index (κ2) is 7.48. The second-order valence-corrected chi connectivity index (χ2v) is 5.60. The maximum atomic E-state index is 11.9. The molecular formula is C16H12N2O5S. The highest BCUT2D eigenvalue weighted by Crippen LogP contribution is 2.29. The maximum Gasteiger partial charge on any atom is 0.335 e. The molecule has 0 fully saturated rings. The zero-order valence-corrected chi connectivity index (χ0v) is 13.3. The van der Waals surface area contributed by atoms with E-state index >= 15 is 0 Å². The van der Waals surface area contributed by atoms with Crippen LogP contribution in [0.1, 0.15) is 15.9 Å². The van der Waals surface area contributed by atoms with Crippen molar-refractivity contribution >= 4 is 23.7 Å². The number of ether oxygens (including phenoxy) is 1. The molecule has 1 aromatic heterocycles. The Kier molecular flexibility index (Phi) is 5.39. The van der Waals surface area contributed by atoms with Gasteiger partial charge in [-0.1, -0.05) is 23.9 Å². The summed E-state index contributed by atoms with van der Waals surface area (Å²) in [7, 11) is 1.24. The lowest BCUT2D eigenvalue weighted by Crippen LogP contribution is -2.10. The fraction of sp³-hybridized carbons (Fsp3) is 0.125. The van der Waals surface area contributed by atoms with Crippen molar-refractivity contribution < 1.29 is 19.4 Å². The number of hydrogen-bond acceptors (Lipinski definition) is 6. The number of hydrogen-bond donors (Lipinski definition) is 2. The van der Waals surface area contributed by atoms with Gasteiger partial charge in [0.1, 0.15) is 6.07 Å². The number of methoxy groups -OCH3 is 1. The quantitative estimate of drug-likeness (QED) is 0.627. The summed E-state index contributed by atoms with van der Waals surface area (Å²) in [5.74, 6) is -1.68. The number of nitrogens with one attached hydrogen (secondary N) is 1. The molecular weight excluding hydrogens is 332 g/mol. The van der Waals surface area contributed by atoms with Gasteiger partial charge in [0.2, 0.25) is 5.56 Å². The van der Waals surface area contributed by atoms with Gasteiger partial charge in [0, 0.05) is 11.6 Å². The van der Waals surface area contributed by atoms with Crippen LogP contribution in [0.15, 0.2) is 40.2 Å². The van der Waals surface area contributed by atoms with Gasteiger partial charge in [-0.2, -0.15) is 5.26 Å². The molecule has 0 atom stereocenters. The number of carboxylic acid groups (broad SMARTS) is 1. The van der Waals surface area contributed by atoms with Crippen LogP contribution in [0.3, 0.4) is 0 Å². The number of carbonyl (C=O) groups excluding carboxylic acids is 1. The summed E-state index contributed by atoms with van der Waals surface area (Å²) in [6.07, 6.45) is 0. The fourth-order valence-corrected chi connectivity index (χ4v) is 2.85. The number of nitriles is 1. The Balaban J connectivity index is 2.54. The van der Waals surface area contributed by atoms with Gasteiger partial charge in [-0.15, -0.1) is 0 Å². The number of aromatic amines is 1. The van der Waals surface area contributed by atoms with Crippen LogP contribution in [-0.4, -0.2) is 34.9 Å². The van der Waals surface area contributed by atoms with Gasteiger partial charge in [0.25, 0.3) is 0 Å². The predicted molar refractivity (Wildman–Crippen MR) is 86.9 cm³/mol. The van der Waals surface area contributed by atoms with Gasteiger partial charge >= 0.3 is 11.9 Å². The highest BCUT2D eigenvalue weighted by atomic mass is 32.2. The van der Waals surface area contributed by atoms with Gasteiger partial charge < -0.3 is 14.8 Å². The third-order valence-corrected chi connectivity index (χ3v) is 4.08. The van der Waals surface area contributed by atoms with Crippen LogP contribution in [-0.2, 0) is 9.53 Å². The van der Waals surface area contributed by atoms with E-state index in [4.69, 9.17) is 5.11 Å². The van der Waals surface area contributed by atoms with Crippen LogP contribution in [0.4, 0.5) is 0 Å². The fourth-order valence-electron chi connectivity index (χ4n) is 1.99. The van der Waals surface area contributed by atoms with E-state index in [0.717, 1.165) is 11.8 Å². The lowest BCUT2D eigenvalue weighted by atomic mass is 10.0. The first-order chi connectivity index (χ1) is 11.5. The van der Waals surface area contributed by atoms with E-state index in [2.05, 4.69) is 9.72 Å². The lowest BCUT2D eigenvalue weighted by Gasteiger charge is -2.09. The van der Waals surface area contributed by atoms with Crippen molar-refractivity contribution in [1.82, 2.24) is 4.98 Å². The SMILES string of the molecule is COC(=O)CSc1[nH]c(=O)cc(-c2cccc(C(=O)O)c2)c1C#N. The Labute approximate surface area is 140 Å². The van der Waals surface area contributed by atoms with Crippen LogP contribution in [0, 0.1) is 11.3 Å². The highest BCUT2D eigenvalue weighted by Gasteiger charge is 2.15. The van der Waals surface area contributed by atoms with E-state index in [0.29, 0.717) is 11.1 Å². The standard InChI is InChI=1S/C16H12N2O5S/c1-23-14(20)8-24-15-12(7-17)11(6-13(19)18-15)9-3-2-4-10(5-9)16(21)22/h2-6H,8H2,1H3,(H,18,19)(H,21,22). The molecule has 122 valence electrons. The first-order valence-electron chi connectivity index (χ1n) is 6.67. The van der Waals surface area contributed by atoms with E-state index in [9.17, 15) is 19.6 Å². The minimum Gasteiger partial charge on any atom is -0.478 e. The number of pyridine rings is 1. The third-order valence-electron chi connectivity index (χ3n) is 3.10. The van der Waals surface area contributed by atoms with Gasteiger partial charge in [0.15, 0.2) is 0 Å². The normalized spacial score (nSPS) is 10.0. The number of rotatable bonds is 5. The summed E-state index contributed by atoms with van der Waals surface area (Å²) < 4.78 is 4.53. The van der Waals surface area contributed by atoms with Crippen molar-refractivity contribution in [3.05, 3.63) is 51.8 Å². The van der Waals surface area contributed by atoms with E-state index in [1.54, 1.807) is 6.07 Å². The molecule has 0 amide bonds. The molecule has 0 saturated heterocycles. The Bertz CT molecular complexity index is 898. The molecule has 0 bridgehead atoms. The molecule has 1 aromatic carbocycles. The number of nitrogens with zero attached hydrogens (tertiary/aromatic N) is 1. The monoisotopic (exact) mass is 344 g/mol. The first kappa shape index (κ1) is 17.3. The summed E-state index contributed by atoms with van der Waals surface area (Å²) in [6.45, 7) is 0. The first-order valence-corrected chi connectivity index (χ1v) is 7.65. The molecule has 0 aliphatic heterocycles. The molecule has 7 nitrogen and oxygen atoms in total. The average molecular weight is 344 g/mol. The largest absolute Gasteiger partial charge is 0.478 e. The number of carboxylic acids is 1. The second-order valence-electron chi connectivity index (χ2n) is 4.61. The van der Waals surface area contributed by atoms with E-state index < -0.39 is 17.5 Å². The zero-order chi connectivity index (χ0) is 17.7. The molecule has 8 heteroatoms. The molecule has 0 spiro atoms. The number of benzene rings is 1.